The molecule has 0 saturated heterocycles. The number of aromatic amines is 1. The van der Waals surface area contributed by atoms with E-state index in [2.05, 4.69) is 9.72 Å². The molecule has 0 bridgehead atoms. The third-order valence-corrected chi connectivity index (χ3v) is 2.37. The van der Waals surface area contributed by atoms with Gasteiger partial charge in [0.05, 0.1) is 11.2 Å². The number of aryl methyl sites for hydroxylation is 1. The Hall–Kier alpha value is -1.65. The molecule has 0 amide bonds. The van der Waals surface area contributed by atoms with Crippen LogP contribution in [0.3, 0.4) is 0 Å². The molecule has 88 valence electrons. The topological polar surface area (TPSA) is 25.0 Å². The molecule has 0 aliphatic carbocycles. The van der Waals surface area contributed by atoms with Crippen LogP contribution in [-0.4, -0.2) is 11.6 Å². The minimum atomic E-state index is -2.91. The average molecular weight is 231 g/mol. The highest BCUT2D eigenvalue weighted by atomic mass is 19.3. The van der Waals surface area contributed by atoms with Crippen LogP contribution >= 0.6 is 0 Å². The van der Waals surface area contributed by atoms with Crippen LogP contribution in [0.2, 0.25) is 0 Å². The lowest BCUT2D eigenvalue weighted by atomic mass is 10.2. The zero-order valence-electron chi connectivity index (χ0n) is 8.56. The molecular weight excluding hydrogens is 219 g/mol. The number of rotatable bonds is 3. The first kappa shape index (κ1) is 10.9. The highest BCUT2D eigenvalue weighted by Gasteiger charge is 2.15. The predicted octanol–water partition coefficient (Wildman–Crippen LogP) is 3.72. The molecule has 5 heteroatoms. The molecule has 0 aliphatic heterocycles. The van der Waals surface area contributed by atoms with E-state index in [-0.39, 0.29) is 18.1 Å². The molecule has 0 atom stereocenters. The number of alkyl halides is 2. The molecule has 0 fully saturated rings. The van der Waals surface area contributed by atoms with E-state index in [0.717, 1.165) is 0 Å². The first-order valence-corrected chi connectivity index (χ1v) is 4.87. The fraction of sp³-hybridized carbons (Fsp3) is 0.273. The Labute approximate surface area is 91.5 Å². The van der Waals surface area contributed by atoms with Crippen molar-refractivity contribution in [3.8, 4) is 5.75 Å². The molecule has 1 N–H and O–H groups in total. The summed E-state index contributed by atoms with van der Waals surface area (Å²) in [5.74, 6) is -0.441. The summed E-state index contributed by atoms with van der Waals surface area (Å²) in [6, 6.07) is 4.39. The monoisotopic (exact) mass is 231 g/mol. The van der Waals surface area contributed by atoms with Crippen molar-refractivity contribution in [2.24, 2.45) is 0 Å². The maximum absolute atomic E-state index is 13.7. The van der Waals surface area contributed by atoms with Gasteiger partial charge in [0.25, 0.3) is 0 Å². The Morgan fingerprint density at radius 2 is 2.19 bits per heavy atom. The third kappa shape index (κ3) is 1.73. The van der Waals surface area contributed by atoms with Gasteiger partial charge >= 0.3 is 6.61 Å². The molecule has 0 saturated carbocycles. The van der Waals surface area contributed by atoms with Crippen LogP contribution in [0.5, 0.6) is 5.75 Å². The van der Waals surface area contributed by atoms with Gasteiger partial charge in [-0.05, 0) is 18.6 Å². The summed E-state index contributed by atoms with van der Waals surface area (Å²) >= 11 is 0. The number of nitrogens with one attached hydrogen (secondary N) is 1. The van der Waals surface area contributed by atoms with Gasteiger partial charge in [0.15, 0.2) is 5.82 Å². The van der Waals surface area contributed by atoms with Crippen molar-refractivity contribution in [3.63, 3.8) is 0 Å². The van der Waals surface area contributed by atoms with E-state index < -0.39 is 12.4 Å². The van der Waals surface area contributed by atoms with Crippen LogP contribution in [0.1, 0.15) is 14.0 Å². The van der Waals surface area contributed by atoms with Crippen LogP contribution in [0.4, 0.5) is 13.2 Å². The number of hydrogen-bond donors (Lipinski definition) is 1. The Kier molecular flexibility index (Phi) is 2.77. The molecule has 16 heavy (non-hydrogen) atoms. The quantitative estimate of drug-likeness (QED) is 0.855. The lowest BCUT2D eigenvalue weighted by Crippen LogP contribution is -2.02. The highest BCUT2D eigenvalue weighted by Crippen LogP contribution is 2.29. The number of benzene rings is 1. The van der Waals surface area contributed by atoms with E-state index in [9.17, 15) is 13.2 Å². The average Bonchev–Trinajstić information content (AvgIpc) is 2.56. The van der Waals surface area contributed by atoms with Crippen LogP contribution in [-0.2, 0) is 6.42 Å². The van der Waals surface area contributed by atoms with Crippen molar-refractivity contribution >= 4 is 10.9 Å². The van der Waals surface area contributed by atoms with Crippen molar-refractivity contribution in [1.29, 1.82) is 0 Å². The minimum absolute atomic E-state index is 0. The zero-order valence-corrected chi connectivity index (χ0v) is 8.56. The standard InChI is InChI=1S/C11H10F3NO.H2/c1-2-7-9(12)6-4-3-5-8(10(6)15-7)16-11(13)14;/h3-5,11,15H,2H2,1H3;1H. The number of para-hydroxylation sites is 1. The molecule has 2 aromatic rings. The molecular formula is C11H12F3NO. The molecule has 1 heterocycles. The summed E-state index contributed by atoms with van der Waals surface area (Å²) in [7, 11) is 0. The van der Waals surface area contributed by atoms with Crippen molar-refractivity contribution in [3.05, 3.63) is 29.7 Å². The van der Waals surface area contributed by atoms with Crippen LogP contribution in [0.15, 0.2) is 18.2 Å². The first-order valence-electron chi connectivity index (χ1n) is 4.87. The van der Waals surface area contributed by atoms with Crippen molar-refractivity contribution in [2.45, 2.75) is 20.0 Å². The molecule has 2 nitrogen and oxygen atoms in total. The van der Waals surface area contributed by atoms with Gasteiger partial charge < -0.3 is 9.72 Å². The largest absolute Gasteiger partial charge is 0.433 e. The van der Waals surface area contributed by atoms with E-state index in [1.54, 1.807) is 6.92 Å². The fourth-order valence-corrected chi connectivity index (χ4v) is 1.65. The number of ether oxygens (including phenoxy) is 1. The van der Waals surface area contributed by atoms with Gasteiger partial charge in [-0.1, -0.05) is 13.0 Å². The number of hydrogen-bond acceptors (Lipinski definition) is 1. The second-order valence-corrected chi connectivity index (χ2v) is 3.33. The first-order chi connectivity index (χ1) is 7.63. The van der Waals surface area contributed by atoms with Gasteiger partial charge in [-0.15, -0.1) is 0 Å². The van der Waals surface area contributed by atoms with Crippen LogP contribution < -0.4 is 4.74 Å². The molecule has 0 spiro atoms. The van der Waals surface area contributed by atoms with E-state index in [0.29, 0.717) is 12.1 Å². The van der Waals surface area contributed by atoms with Crippen LogP contribution in [0.25, 0.3) is 10.9 Å². The van der Waals surface area contributed by atoms with Gasteiger partial charge in [0.1, 0.15) is 5.75 Å². The van der Waals surface area contributed by atoms with E-state index >= 15 is 0 Å². The molecule has 2 rings (SSSR count). The third-order valence-electron chi connectivity index (χ3n) is 2.37. The van der Waals surface area contributed by atoms with Gasteiger partial charge in [-0.25, -0.2) is 4.39 Å². The Balaban J connectivity index is 0.00000144. The Bertz CT molecular complexity index is 513. The number of aromatic nitrogens is 1. The SMILES string of the molecule is CCc1[nH]c2c(OC(F)F)cccc2c1F.[HH]. The summed E-state index contributed by atoms with van der Waals surface area (Å²) in [5.41, 5.74) is 0.664. The van der Waals surface area contributed by atoms with Crippen molar-refractivity contribution in [2.75, 3.05) is 0 Å². The molecule has 1 aromatic carbocycles. The normalized spacial score (nSPS) is 11.3. The maximum Gasteiger partial charge on any atom is 0.387 e. The predicted molar refractivity (Wildman–Crippen MR) is 56.4 cm³/mol. The zero-order chi connectivity index (χ0) is 11.7. The summed E-state index contributed by atoms with van der Waals surface area (Å²) < 4.78 is 42.2. The van der Waals surface area contributed by atoms with Crippen molar-refractivity contribution < 1.29 is 19.3 Å². The van der Waals surface area contributed by atoms with E-state index in [4.69, 9.17) is 0 Å². The summed E-state index contributed by atoms with van der Waals surface area (Å²) in [6.07, 6.45) is 0.467. The Morgan fingerprint density at radius 1 is 1.44 bits per heavy atom. The van der Waals surface area contributed by atoms with Crippen LogP contribution in [0, 0.1) is 5.82 Å². The van der Waals surface area contributed by atoms with Gasteiger partial charge in [-0.3, -0.25) is 0 Å². The van der Waals surface area contributed by atoms with Gasteiger partial charge in [0.2, 0.25) is 0 Å². The lowest BCUT2D eigenvalue weighted by Gasteiger charge is -2.04. The summed E-state index contributed by atoms with van der Waals surface area (Å²) in [4.78, 5) is 2.75. The minimum Gasteiger partial charge on any atom is -0.433 e. The summed E-state index contributed by atoms with van der Waals surface area (Å²) in [5, 5.41) is 0.273. The molecule has 0 unspecified atom stereocenters. The number of fused-ring (bicyclic) bond motifs is 1. The molecule has 0 radical (unpaired) electrons. The Morgan fingerprint density at radius 3 is 2.81 bits per heavy atom. The smallest absolute Gasteiger partial charge is 0.387 e. The van der Waals surface area contributed by atoms with E-state index in [1.165, 1.54) is 18.2 Å². The second-order valence-electron chi connectivity index (χ2n) is 3.33. The van der Waals surface area contributed by atoms with Gasteiger partial charge in [0, 0.05) is 6.81 Å². The van der Waals surface area contributed by atoms with Crippen molar-refractivity contribution in [1.82, 2.24) is 4.98 Å². The highest BCUT2D eigenvalue weighted by molar-refractivity contribution is 5.86. The second kappa shape index (κ2) is 4.08. The lowest BCUT2D eigenvalue weighted by molar-refractivity contribution is -0.0489. The van der Waals surface area contributed by atoms with Gasteiger partial charge in [-0.2, -0.15) is 8.78 Å². The molecule has 1 aromatic heterocycles. The molecule has 0 aliphatic rings. The fourth-order valence-electron chi connectivity index (χ4n) is 1.65. The van der Waals surface area contributed by atoms with E-state index in [1.807, 2.05) is 0 Å². The maximum atomic E-state index is 13.7. The number of halogens is 3. The summed E-state index contributed by atoms with van der Waals surface area (Å²) in [6.45, 7) is -1.14. The number of H-pyrrole nitrogens is 1.